The number of rotatable bonds is 4. The van der Waals surface area contributed by atoms with Gasteiger partial charge in [0.15, 0.2) is 15.1 Å². The molecule has 55 valence electrons. The largest absolute Gasteiger partial charge is 0.389 e. The molecule has 0 aromatic rings. The zero-order valence-corrected chi connectivity index (χ0v) is 7.60. The summed E-state index contributed by atoms with van der Waals surface area (Å²) in [6.45, 7) is 10.4. The fourth-order valence-electron chi connectivity index (χ4n) is 0.246. The number of hydrogen-bond donors (Lipinski definition) is 0. The van der Waals surface area contributed by atoms with E-state index in [4.69, 9.17) is 9.16 Å². The van der Waals surface area contributed by atoms with Crippen LogP contribution < -0.4 is 0 Å². The van der Waals surface area contributed by atoms with Crippen LogP contribution in [0.15, 0.2) is 0 Å². The van der Waals surface area contributed by atoms with E-state index in [2.05, 4.69) is 19.6 Å². The molecule has 0 saturated carbocycles. The molecule has 0 rings (SSSR count). The highest BCUT2D eigenvalue weighted by atomic mass is 28.4. The van der Waals surface area contributed by atoms with Crippen molar-refractivity contribution in [1.29, 1.82) is 0 Å². The van der Waals surface area contributed by atoms with Gasteiger partial charge in [-0.1, -0.05) is 0 Å². The van der Waals surface area contributed by atoms with Crippen molar-refractivity contribution in [2.24, 2.45) is 0 Å². The van der Waals surface area contributed by atoms with Crippen LogP contribution in [0.3, 0.4) is 0 Å². The van der Waals surface area contributed by atoms with E-state index >= 15 is 0 Å². The first-order valence-electron chi connectivity index (χ1n) is 3.17. The lowest BCUT2D eigenvalue weighted by Gasteiger charge is -2.15. The van der Waals surface area contributed by atoms with Crippen LogP contribution >= 0.6 is 0 Å². The summed E-state index contributed by atoms with van der Waals surface area (Å²) in [6, 6.07) is 0. The van der Waals surface area contributed by atoms with Crippen molar-refractivity contribution in [3.05, 3.63) is 6.79 Å². The lowest BCUT2D eigenvalue weighted by molar-refractivity contribution is 0.0971. The summed E-state index contributed by atoms with van der Waals surface area (Å²) >= 11 is 0. The van der Waals surface area contributed by atoms with Gasteiger partial charge in [0.25, 0.3) is 0 Å². The van der Waals surface area contributed by atoms with Crippen LogP contribution in [-0.4, -0.2) is 14.9 Å². The van der Waals surface area contributed by atoms with Crippen LogP contribution in [0.25, 0.3) is 0 Å². The standard InChI is InChI=1S/C6H15O2Si/c1-5-7-6-8-9(2,3)4/h6H,5H2,1-4H3. The molecule has 0 aromatic carbocycles. The van der Waals surface area contributed by atoms with E-state index in [-0.39, 0.29) is 0 Å². The van der Waals surface area contributed by atoms with Gasteiger partial charge in [-0.2, -0.15) is 0 Å². The van der Waals surface area contributed by atoms with Gasteiger partial charge in [-0.3, -0.25) is 0 Å². The van der Waals surface area contributed by atoms with Crippen molar-refractivity contribution >= 4 is 8.32 Å². The van der Waals surface area contributed by atoms with Crippen LogP contribution in [0.2, 0.25) is 19.6 Å². The summed E-state index contributed by atoms with van der Waals surface area (Å²) in [7, 11) is -1.38. The molecule has 0 atom stereocenters. The quantitative estimate of drug-likeness (QED) is 0.447. The minimum absolute atomic E-state index is 0.685. The maximum absolute atomic E-state index is 5.26. The highest BCUT2D eigenvalue weighted by Crippen LogP contribution is 2.03. The van der Waals surface area contributed by atoms with E-state index in [0.29, 0.717) is 6.61 Å². The van der Waals surface area contributed by atoms with Crippen LogP contribution in [0, 0.1) is 6.79 Å². The third-order valence-corrected chi connectivity index (χ3v) is 1.44. The first-order chi connectivity index (χ1) is 4.06. The lowest BCUT2D eigenvalue weighted by atomic mass is 10.9. The summed E-state index contributed by atoms with van der Waals surface area (Å²) in [4.78, 5) is 0. The molecule has 0 fully saturated rings. The Bertz CT molecular complexity index is 67.9. The van der Waals surface area contributed by atoms with Crippen molar-refractivity contribution in [2.45, 2.75) is 26.6 Å². The highest BCUT2D eigenvalue weighted by molar-refractivity contribution is 6.69. The van der Waals surface area contributed by atoms with E-state index in [1.807, 2.05) is 6.92 Å². The zero-order chi connectivity index (χ0) is 7.33. The van der Waals surface area contributed by atoms with Crippen LogP contribution in [0.1, 0.15) is 6.92 Å². The van der Waals surface area contributed by atoms with Gasteiger partial charge in [0.1, 0.15) is 0 Å². The average molecular weight is 147 g/mol. The first kappa shape index (κ1) is 9.14. The molecule has 0 unspecified atom stereocenters. The Morgan fingerprint density at radius 3 is 2.22 bits per heavy atom. The number of ether oxygens (including phenoxy) is 1. The summed E-state index contributed by atoms with van der Waals surface area (Å²) in [5, 5.41) is 0. The molecular weight excluding hydrogens is 132 g/mol. The van der Waals surface area contributed by atoms with Crippen molar-refractivity contribution < 1.29 is 9.16 Å². The Labute approximate surface area is 58.3 Å². The Kier molecular flexibility index (Phi) is 4.09. The second-order valence-corrected chi connectivity index (χ2v) is 7.24. The molecule has 2 nitrogen and oxygen atoms in total. The van der Waals surface area contributed by atoms with Crippen LogP contribution in [-0.2, 0) is 9.16 Å². The molecule has 0 aliphatic heterocycles. The van der Waals surface area contributed by atoms with Gasteiger partial charge in [0.05, 0.1) is 0 Å². The molecule has 3 heteroatoms. The van der Waals surface area contributed by atoms with E-state index < -0.39 is 8.32 Å². The fourth-order valence-corrected chi connectivity index (χ4v) is 0.603. The molecule has 0 spiro atoms. The van der Waals surface area contributed by atoms with E-state index in [1.165, 1.54) is 6.79 Å². The topological polar surface area (TPSA) is 18.5 Å². The second-order valence-electron chi connectivity index (χ2n) is 2.78. The summed E-state index contributed by atoms with van der Waals surface area (Å²) in [5.74, 6) is 0. The normalized spacial score (nSPS) is 12.0. The van der Waals surface area contributed by atoms with Gasteiger partial charge in [0.2, 0.25) is 0 Å². The van der Waals surface area contributed by atoms with Gasteiger partial charge in [-0.05, 0) is 26.6 Å². The van der Waals surface area contributed by atoms with Crippen LogP contribution in [0.5, 0.6) is 0 Å². The highest BCUT2D eigenvalue weighted by Gasteiger charge is 2.13. The molecule has 0 aliphatic carbocycles. The Hall–Kier alpha value is 0.137. The maximum atomic E-state index is 5.26. The van der Waals surface area contributed by atoms with E-state index in [9.17, 15) is 0 Å². The molecule has 0 N–H and O–H groups in total. The van der Waals surface area contributed by atoms with Crippen molar-refractivity contribution in [1.82, 2.24) is 0 Å². The van der Waals surface area contributed by atoms with Gasteiger partial charge in [-0.25, -0.2) is 0 Å². The van der Waals surface area contributed by atoms with Crippen molar-refractivity contribution in [2.75, 3.05) is 6.61 Å². The van der Waals surface area contributed by atoms with Gasteiger partial charge in [-0.15, -0.1) is 0 Å². The van der Waals surface area contributed by atoms with Gasteiger partial charge in [0, 0.05) is 6.61 Å². The molecule has 9 heavy (non-hydrogen) atoms. The Balaban J connectivity index is 3.07. The zero-order valence-electron chi connectivity index (χ0n) is 6.60. The monoisotopic (exact) mass is 147 g/mol. The Morgan fingerprint density at radius 2 is 1.89 bits per heavy atom. The summed E-state index contributed by atoms with van der Waals surface area (Å²) in [5.41, 5.74) is 0. The molecule has 0 heterocycles. The number of hydrogen-bond acceptors (Lipinski definition) is 2. The maximum Gasteiger partial charge on any atom is 0.199 e. The predicted octanol–water partition coefficient (Wildman–Crippen LogP) is 1.99. The van der Waals surface area contributed by atoms with E-state index in [1.54, 1.807) is 0 Å². The molecule has 0 aliphatic rings. The molecular formula is C6H15O2Si. The smallest absolute Gasteiger partial charge is 0.199 e. The fraction of sp³-hybridized carbons (Fsp3) is 0.833. The predicted molar refractivity (Wildman–Crippen MR) is 40.4 cm³/mol. The SMILES string of the molecule is CCO[CH]O[Si](C)(C)C. The minimum atomic E-state index is -1.38. The molecule has 0 aromatic heterocycles. The molecule has 0 saturated heterocycles. The summed E-state index contributed by atoms with van der Waals surface area (Å²) < 4.78 is 10.2. The minimum Gasteiger partial charge on any atom is -0.389 e. The third-order valence-electron chi connectivity index (χ3n) is 0.636. The Morgan fingerprint density at radius 1 is 1.33 bits per heavy atom. The van der Waals surface area contributed by atoms with E-state index in [0.717, 1.165) is 0 Å². The third kappa shape index (κ3) is 8.14. The first-order valence-corrected chi connectivity index (χ1v) is 6.58. The average Bonchev–Trinajstić information content (AvgIpc) is 1.63. The van der Waals surface area contributed by atoms with Crippen molar-refractivity contribution in [3.8, 4) is 0 Å². The van der Waals surface area contributed by atoms with Crippen molar-refractivity contribution in [3.63, 3.8) is 0 Å². The molecule has 1 radical (unpaired) electrons. The van der Waals surface area contributed by atoms with Gasteiger partial charge < -0.3 is 9.16 Å². The second kappa shape index (κ2) is 4.03. The lowest BCUT2D eigenvalue weighted by Crippen LogP contribution is -2.24. The van der Waals surface area contributed by atoms with Crippen LogP contribution in [0.4, 0.5) is 0 Å². The summed E-state index contributed by atoms with van der Waals surface area (Å²) in [6.07, 6.45) is 0. The van der Waals surface area contributed by atoms with Gasteiger partial charge >= 0.3 is 0 Å². The molecule has 0 amide bonds. The molecule has 0 bridgehead atoms.